The minimum Gasteiger partial charge on any atom is -0.299 e. The first kappa shape index (κ1) is 11.6. The second-order valence-electron chi connectivity index (χ2n) is 5.60. The van der Waals surface area contributed by atoms with E-state index in [1.54, 1.807) is 0 Å². The van der Waals surface area contributed by atoms with Crippen molar-refractivity contribution in [3.05, 3.63) is 5.92 Å². The van der Waals surface area contributed by atoms with Gasteiger partial charge in [-0.25, -0.2) is 0 Å². The van der Waals surface area contributed by atoms with E-state index in [0.717, 1.165) is 12.8 Å². The normalized spacial score (nSPS) is 38.7. The highest BCUT2D eigenvalue weighted by atomic mass is 16.1. The van der Waals surface area contributed by atoms with E-state index in [9.17, 15) is 4.79 Å². The van der Waals surface area contributed by atoms with Crippen LogP contribution < -0.4 is 0 Å². The summed E-state index contributed by atoms with van der Waals surface area (Å²) in [5.74, 6) is 6.17. The Hall–Kier alpha value is -0.900. The van der Waals surface area contributed by atoms with Crippen molar-refractivity contribution < 1.29 is 4.79 Å². The van der Waals surface area contributed by atoms with E-state index >= 15 is 0 Å². The first-order valence-electron chi connectivity index (χ1n) is 6.44. The molecule has 1 heteroatoms. The van der Waals surface area contributed by atoms with Gasteiger partial charge in [0.2, 0.25) is 0 Å². The SMILES string of the molecule is C#CC1C([C+](C)C)CCC2CCCC(=O)C21. The predicted octanol–water partition coefficient (Wildman–Crippen LogP) is 3.25. The summed E-state index contributed by atoms with van der Waals surface area (Å²) in [6.45, 7) is 4.31. The molecule has 0 saturated heterocycles. The van der Waals surface area contributed by atoms with E-state index in [1.807, 2.05) is 0 Å². The Morgan fingerprint density at radius 2 is 2.06 bits per heavy atom. The molecule has 2 aliphatic rings. The van der Waals surface area contributed by atoms with Gasteiger partial charge in [0.1, 0.15) is 11.7 Å². The first-order chi connectivity index (χ1) is 7.65. The number of carbonyl (C=O) groups excluding carboxylic acids is 1. The quantitative estimate of drug-likeness (QED) is 0.487. The molecule has 4 unspecified atom stereocenters. The fraction of sp³-hybridized carbons (Fsp3) is 0.733. The number of hydrogen-bond acceptors (Lipinski definition) is 1. The maximum atomic E-state index is 12.1. The van der Waals surface area contributed by atoms with Crippen molar-refractivity contribution in [1.82, 2.24) is 0 Å². The predicted molar refractivity (Wildman–Crippen MR) is 65.5 cm³/mol. The molecule has 0 bridgehead atoms. The highest BCUT2D eigenvalue weighted by Crippen LogP contribution is 2.47. The zero-order valence-electron chi connectivity index (χ0n) is 10.3. The highest BCUT2D eigenvalue weighted by molar-refractivity contribution is 5.83. The molecule has 0 amide bonds. The lowest BCUT2D eigenvalue weighted by Gasteiger charge is -2.40. The van der Waals surface area contributed by atoms with Crippen LogP contribution in [0.25, 0.3) is 0 Å². The Morgan fingerprint density at radius 1 is 1.31 bits per heavy atom. The second kappa shape index (κ2) is 4.53. The fourth-order valence-corrected chi connectivity index (χ4v) is 3.66. The molecule has 2 saturated carbocycles. The smallest absolute Gasteiger partial charge is 0.137 e. The number of Topliss-reactive ketones (excluding diaryl/α,β-unsaturated/α-hetero) is 1. The molecule has 0 heterocycles. The summed E-state index contributed by atoms with van der Waals surface area (Å²) >= 11 is 0. The van der Waals surface area contributed by atoms with Gasteiger partial charge in [0.25, 0.3) is 0 Å². The summed E-state index contributed by atoms with van der Waals surface area (Å²) in [5.41, 5.74) is 0. The molecule has 0 aromatic heterocycles. The zero-order valence-corrected chi connectivity index (χ0v) is 10.3. The van der Waals surface area contributed by atoms with Crippen LogP contribution in [-0.2, 0) is 4.79 Å². The number of fused-ring (bicyclic) bond motifs is 1. The minimum atomic E-state index is 0.174. The average molecular weight is 217 g/mol. The maximum Gasteiger partial charge on any atom is 0.137 e. The average Bonchev–Trinajstić information content (AvgIpc) is 2.27. The van der Waals surface area contributed by atoms with E-state index in [-0.39, 0.29) is 11.8 Å². The summed E-state index contributed by atoms with van der Waals surface area (Å²) in [6, 6.07) is 0. The van der Waals surface area contributed by atoms with Crippen LogP contribution in [0, 0.1) is 41.9 Å². The lowest BCUT2D eigenvalue weighted by molar-refractivity contribution is -0.130. The Bertz CT molecular complexity index is 310. The molecular formula is C15H21O+. The lowest BCUT2D eigenvalue weighted by Crippen LogP contribution is -2.42. The number of terminal acetylenes is 1. The van der Waals surface area contributed by atoms with Gasteiger partial charge in [-0.05, 0) is 31.6 Å². The minimum absolute atomic E-state index is 0.174. The van der Waals surface area contributed by atoms with Gasteiger partial charge in [0.05, 0.1) is 25.7 Å². The number of carbonyl (C=O) groups is 1. The molecule has 86 valence electrons. The molecule has 0 aliphatic heterocycles. The van der Waals surface area contributed by atoms with Crippen molar-refractivity contribution in [3.8, 4) is 12.3 Å². The number of ketones is 1. The van der Waals surface area contributed by atoms with Crippen molar-refractivity contribution in [3.63, 3.8) is 0 Å². The summed E-state index contributed by atoms with van der Waals surface area (Å²) in [7, 11) is 0. The fourth-order valence-electron chi connectivity index (χ4n) is 3.66. The van der Waals surface area contributed by atoms with Crippen LogP contribution in [0.5, 0.6) is 0 Å². The van der Waals surface area contributed by atoms with Crippen LogP contribution >= 0.6 is 0 Å². The van der Waals surface area contributed by atoms with Crippen LogP contribution in [0.2, 0.25) is 0 Å². The Morgan fingerprint density at radius 3 is 2.69 bits per heavy atom. The molecule has 4 atom stereocenters. The molecule has 0 N–H and O–H groups in total. The van der Waals surface area contributed by atoms with Crippen molar-refractivity contribution in [1.29, 1.82) is 0 Å². The van der Waals surface area contributed by atoms with Gasteiger partial charge in [-0.2, -0.15) is 0 Å². The lowest BCUT2D eigenvalue weighted by atomic mass is 9.59. The summed E-state index contributed by atoms with van der Waals surface area (Å²) in [4.78, 5) is 12.1. The Kier molecular flexibility index (Phi) is 3.28. The Balaban J connectivity index is 2.22. The van der Waals surface area contributed by atoms with Crippen LogP contribution in [0.1, 0.15) is 46.0 Å². The van der Waals surface area contributed by atoms with E-state index in [4.69, 9.17) is 6.42 Å². The number of hydrogen-bond donors (Lipinski definition) is 0. The molecule has 2 aliphatic carbocycles. The van der Waals surface area contributed by atoms with E-state index in [0.29, 0.717) is 17.6 Å². The molecule has 0 radical (unpaired) electrons. The van der Waals surface area contributed by atoms with E-state index in [2.05, 4.69) is 19.8 Å². The van der Waals surface area contributed by atoms with Crippen molar-refractivity contribution in [2.24, 2.45) is 23.7 Å². The molecule has 1 nitrogen and oxygen atoms in total. The van der Waals surface area contributed by atoms with Crippen molar-refractivity contribution in [2.75, 3.05) is 0 Å². The topological polar surface area (TPSA) is 17.1 Å². The monoisotopic (exact) mass is 217 g/mol. The molecule has 0 aromatic rings. The molecule has 0 aromatic carbocycles. The second-order valence-corrected chi connectivity index (χ2v) is 5.60. The van der Waals surface area contributed by atoms with Gasteiger partial charge in [0.15, 0.2) is 0 Å². The zero-order chi connectivity index (χ0) is 11.7. The maximum absolute atomic E-state index is 12.1. The summed E-state index contributed by atoms with van der Waals surface area (Å²) in [5, 5.41) is 0. The summed E-state index contributed by atoms with van der Waals surface area (Å²) < 4.78 is 0. The molecular weight excluding hydrogens is 196 g/mol. The Labute approximate surface area is 99.0 Å². The van der Waals surface area contributed by atoms with Crippen LogP contribution in [0.4, 0.5) is 0 Å². The highest BCUT2D eigenvalue weighted by Gasteiger charge is 2.48. The van der Waals surface area contributed by atoms with Gasteiger partial charge < -0.3 is 0 Å². The van der Waals surface area contributed by atoms with Crippen molar-refractivity contribution in [2.45, 2.75) is 46.0 Å². The van der Waals surface area contributed by atoms with Gasteiger partial charge in [-0.1, -0.05) is 5.92 Å². The van der Waals surface area contributed by atoms with Gasteiger partial charge in [-0.3, -0.25) is 4.79 Å². The molecule has 0 spiro atoms. The molecule has 16 heavy (non-hydrogen) atoms. The van der Waals surface area contributed by atoms with E-state index in [1.165, 1.54) is 25.2 Å². The third kappa shape index (κ3) is 1.86. The van der Waals surface area contributed by atoms with Crippen LogP contribution in [0.3, 0.4) is 0 Å². The standard InChI is InChI=1S/C15H21O/c1-4-12-13(10(2)3)9-8-11-6-5-7-14(16)15(11)12/h1,11-13,15H,5-9H2,2-3H3/q+1. The van der Waals surface area contributed by atoms with Gasteiger partial charge in [0, 0.05) is 12.3 Å². The van der Waals surface area contributed by atoms with Crippen LogP contribution in [0.15, 0.2) is 0 Å². The molecule has 2 rings (SSSR count). The van der Waals surface area contributed by atoms with E-state index < -0.39 is 0 Å². The van der Waals surface area contributed by atoms with Gasteiger partial charge >= 0.3 is 0 Å². The first-order valence-corrected chi connectivity index (χ1v) is 6.44. The summed E-state index contributed by atoms with van der Waals surface area (Å²) in [6.07, 6.45) is 11.1. The largest absolute Gasteiger partial charge is 0.299 e. The third-order valence-electron chi connectivity index (χ3n) is 4.48. The number of rotatable bonds is 1. The third-order valence-corrected chi connectivity index (χ3v) is 4.48. The molecule has 2 fully saturated rings. The van der Waals surface area contributed by atoms with Crippen LogP contribution in [-0.4, -0.2) is 5.78 Å². The van der Waals surface area contributed by atoms with Crippen molar-refractivity contribution >= 4 is 5.78 Å². The van der Waals surface area contributed by atoms with Gasteiger partial charge in [-0.15, -0.1) is 6.42 Å².